The number of nitrogen functional groups attached to an aromatic ring is 1. The summed E-state index contributed by atoms with van der Waals surface area (Å²) in [7, 11) is 0. The molecule has 0 saturated heterocycles. The number of aliphatic hydroxyl groups excluding tert-OH is 2. The van der Waals surface area contributed by atoms with Crippen LogP contribution in [0.2, 0.25) is 0 Å². The number of anilines is 1. The van der Waals surface area contributed by atoms with E-state index in [0.717, 1.165) is 5.56 Å². The summed E-state index contributed by atoms with van der Waals surface area (Å²) in [5.74, 6) is -1.52. The molecule has 0 spiro atoms. The molecule has 1 heterocycles. The number of aromatic nitrogens is 1. The third-order valence-electron chi connectivity index (χ3n) is 1.92. The largest absolute Gasteiger partial charge is 0.479 e. The van der Waals surface area contributed by atoms with Crippen molar-refractivity contribution in [2.24, 2.45) is 0 Å². The SMILES string of the molecule is Cc1cnc(C(O)C(O)C(=O)O)c(N)c1. The molecule has 0 saturated carbocycles. The molecule has 15 heavy (non-hydrogen) atoms. The van der Waals surface area contributed by atoms with Gasteiger partial charge < -0.3 is 21.1 Å². The second-order valence-corrected chi connectivity index (χ2v) is 3.22. The zero-order valence-corrected chi connectivity index (χ0v) is 8.08. The Hall–Kier alpha value is -1.66. The van der Waals surface area contributed by atoms with Crippen molar-refractivity contribution in [1.29, 1.82) is 0 Å². The maximum absolute atomic E-state index is 10.4. The molecule has 2 unspecified atom stereocenters. The van der Waals surface area contributed by atoms with Crippen LogP contribution in [0.4, 0.5) is 5.69 Å². The van der Waals surface area contributed by atoms with Crippen LogP contribution in [0.25, 0.3) is 0 Å². The Morgan fingerprint density at radius 3 is 2.60 bits per heavy atom. The lowest BCUT2D eigenvalue weighted by molar-refractivity contribution is -0.153. The van der Waals surface area contributed by atoms with E-state index in [1.807, 2.05) is 0 Å². The minimum Gasteiger partial charge on any atom is -0.479 e. The van der Waals surface area contributed by atoms with Gasteiger partial charge in [0.15, 0.2) is 6.10 Å². The first-order valence-electron chi connectivity index (χ1n) is 4.24. The monoisotopic (exact) mass is 212 g/mol. The van der Waals surface area contributed by atoms with Gasteiger partial charge in [0, 0.05) is 6.20 Å². The van der Waals surface area contributed by atoms with Gasteiger partial charge >= 0.3 is 5.97 Å². The summed E-state index contributed by atoms with van der Waals surface area (Å²) < 4.78 is 0. The van der Waals surface area contributed by atoms with Crippen molar-refractivity contribution in [2.75, 3.05) is 5.73 Å². The zero-order chi connectivity index (χ0) is 11.6. The first-order valence-corrected chi connectivity index (χ1v) is 4.24. The van der Waals surface area contributed by atoms with E-state index >= 15 is 0 Å². The Morgan fingerprint density at radius 1 is 1.53 bits per heavy atom. The Labute approximate surface area is 86.0 Å². The van der Waals surface area contributed by atoms with E-state index in [9.17, 15) is 9.90 Å². The number of hydrogen-bond acceptors (Lipinski definition) is 5. The van der Waals surface area contributed by atoms with Gasteiger partial charge in [-0.3, -0.25) is 4.98 Å². The molecule has 1 aromatic heterocycles. The number of aliphatic hydroxyl groups is 2. The third kappa shape index (κ3) is 2.42. The summed E-state index contributed by atoms with van der Waals surface area (Å²) in [5, 5.41) is 27.0. The van der Waals surface area contributed by atoms with Crippen LogP contribution in [0.15, 0.2) is 12.3 Å². The fraction of sp³-hybridized carbons (Fsp3) is 0.333. The summed E-state index contributed by atoms with van der Waals surface area (Å²) >= 11 is 0. The molecule has 0 radical (unpaired) electrons. The molecule has 0 aliphatic heterocycles. The molecule has 1 rings (SSSR count). The van der Waals surface area contributed by atoms with Gasteiger partial charge in [0.1, 0.15) is 6.10 Å². The van der Waals surface area contributed by atoms with Gasteiger partial charge in [-0.25, -0.2) is 4.79 Å². The van der Waals surface area contributed by atoms with Crippen LogP contribution in [-0.4, -0.2) is 32.4 Å². The van der Waals surface area contributed by atoms with E-state index in [-0.39, 0.29) is 11.4 Å². The van der Waals surface area contributed by atoms with Crippen LogP contribution in [0.1, 0.15) is 17.4 Å². The number of aryl methyl sites for hydroxylation is 1. The Morgan fingerprint density at radius 2 is 2.13 bits per heavy atom. The van der Waals surface area contributed by atoms with E-state index in [4.69, 9.17) is 15.9 Å². The Bertz CT molecular complexity index is 380. The normalized spacial score (nSPS) is 14.6. The first-order chi connectivity index (χ1) is 6.93. The third-order valence-corrected chi connectivity index (χ3v) is 1.92. The fourth-order valence-corrected chi connectivity index (χ4v) is 1.13. The summed E-state index contributed by atoms with van der Waals surface area (Å²) in [6.45, 7) is 1.76. The quantitative estimate of drug-likeness (QED) is 0.534. The van der Waals surface area contributed by atoms with Crippen molar-refractivity contribution in [3.63, 3.8) is 0 Å². The van der Waals surface area contributed by atoms with E-state index in [2.05, 4.69) is 4.98 Å². The molecule has 2 atom stereocenters. The number of carbonyl (C=O) groups is 1. The molecule has 6 nitrogen and oxygen atoms in total. The van der Waals surface area contributed by atoms with Crippen LogP contribution < -0.4 is 5.73 Å². The smallest absolute Gasteiger partial charge is 0.335 e. The molecule has 5 N–H and O–H groups in total. The van der Waals surface area contributed by atoms with Crippen LogP contribution >= 0.6 is 0 Å². The highest BCUT2D eigenvalue weighted by Crippen LogP contribution is 2.21. The van der Waals surface area contributed by atoms with Crippen LogP contribution in [0.3, 0.4) is 0 Å². The van der Waals surface area contributed by atoms with Gasteiger partial charge in [-0.2, -0.15) is 0 Å². The minimum absolute atomic E-state index is 0.0319. The van der Waals surface area contributed by atoms with Crippen molar-refractivity contribution >= 4 is 11.7 Å². The standard InChI is InChI=1S/C9H12N2O4/c1-4-2-5(10)6(11-3-4)7(12)8(13)9(14)15/h2-3,7-8,12-13H,10H2,1H3,(H,14,15). The van der Waals surface area contributed by atoms with Crippen molar-refractivity contribution in [1.82, 2.24) is 4.98 Å². The number of hydrogen-bond donors (Lipinski definition) is 4. The minimum atomic E-state index is -1.93. The average molecular weight is 212 g/mol. The zero-order valence-electron chi connectivity index (χ0n) is 8.08. The van der Waals surface area contributed by atoms with Gasteiger partial charge in [0.05, 0.1) is 11.4 Å². The topological polar surface area (TPSA) is 117 Å². The lowest BCUT2D eigenvalue weighted by atomic mass is 10.1. The highest BCUT2D eigenvalue weighted by Gasteiger charge is 2.27. The van der Waals surface area contributed by atoms with Gasteiger partial charge in [0.2, 0.25) is 0 Å². The molecular weight excluding hydrogens is 200 g/mol. The van der Waals surface area contributed by atoms with E-state index in [1.54, 1.807) is 13.0 Å². The number of carboxylic acids is 1. The highest BCUT2D eigenvalue weighted by molar-refractivity contribution is 5.73. The molecule has 82 valence electrons. The summed E-state index contributed by atoms with van der Waals surface area (Å²) in [5.41, 5.74) is 6.44. The van der Waals surface area contributed by atoms with Crippen LogP contribution in [0, 0.1) is 6.92 Å². The van der Waals surface area contributed by atoms with Crippen molar-refractivity contribution in [3.05, 3.63) is 23.5 Å². The van der Waals surface area contributed by atoms with Gasteiger partial charge in [-0.15, -0.1) is 0 Å². The number of rotatable bonds is 3. The number of pyridine rings is 1. The predicted octanol–water partition coefficient (Wildman–Crippen LogP) is -0.549. The van der Waals surface area contributed by atoms with Gasteiger partial charge in [-0.05, 0) is 18.6 Å². The molecule has 6 heteroatoms. The Kier molecular flexibility index (Phi) is 3.23. The van der Waals surface area contributed by atoms with Gasteiger partial charge in [-0.1, -0.05) is 0 Å². The van der Waals surface area contributed by atoms with Crippen molar-refractivity contribution in [3.8, 4) is 0 Å². The number of aliphatic carboxylic acids is 1. The first kappa shape index (κ1) is 11.4. The maximum Gasteiger partial charge on any atom is 0.335 e. The van der Waals surface area contributed by atoms with Crippen LogP contribution in [0.5, 0.6) is 0 Å². The van der Waals surface area contributed by atoms with E-state index in [1.165, 1.54) is 6.20 Å². The maximum atomic E-state index is 10.4. The molecular formula is C9H12N2O4. The van der Waals surface area contributed by atoms with Gasteiger partial charge in [0.25, 0.3) is 0 Å². The lowest BCUT2D eigenvalue weighted by Crippen LogP contribution is -2.28. The average Bonchev–Trinajstić information content (AvgIpc) is 2.15. The van der Waals surface area contributed by atoms with Crippen LogP contribution in [-0.2, 0) is 4.79 Å². The van der Waals surface area contributed by atoms with E-state index < -0.39 is 18.2 Å². The highest BCUT2D eigenvalue weighted by atomic mass is 16.4. The molecule has 0 bridgehead atoms. The van der Waals surface area contributed by atoms with Crippen molar-refractivity contribution < 1.29 is 20.1 Å². The Balaban J connectivity index is 3.01. The number of nitrogens with zero attached hydrogens (tertiary/aromatic N) is 1. The fourth-order valence-electron chi connectivity index (χ4n) is 1.13. The molecule has 0 amide bonds. The second-order valence-electron chi connectivity index (χ2n) is 3.22. The van der Waals surface area contributed by atoms with E-state index in [0.29, 0.717) is 0 Å². The summed E-state index contributed by atoms with van der Waals surface area (Å²) in [6, 6.07) is 1.54. The molecule has 1 aromatic rings. The number of carboxylic acid groups (broad SMARTS) is 1. The second kappa shape index (κ2) is 4.24. The molecule has 0 aliphatic rings. The molecule has 0 fully saturated rings. The summed E-state index contributed by atoms with van der Waals surface area (Å²) in [6.07, 6.45) is -2.12. The number of nitrogens with two attached hydrogens (primary N) is 1. The molecule has 0 aliphatic carbocycles. The predicted molar refractivity (Wildman–Crippen MR) is 52.0 cm³/mol. The molecule has 0 aromatic carbocycles. The van der Waals surface area contributed by atoms with Crippen molar-refractivity contribution in [2.45, 2.75) is 19.1 Å². The summed E-state index contributed by atoms with van der Waals surface area (Å²) in [4.78, 5) is 14.2. The lowest BCUT2D eigenvalue weighted by Gasteiger charge is -2.15.